The van der Waals surface area contributed by atoms with E-state index in [9.17, 15) is 12.8 Å². The lowest BCUT2D eigenvalue weighted by molar-refractivity contribution is 0.588. The first kappa shape index (κ1) is 14.7. The van der Waals surface area contributed by atoms with E-state index in [1.165, 1.54) is 31.3 Å². The maximum absolute atomic E-state index is 13.5. The normalized spacial score (nSPS) is 12.0. The van der Waals surface area contributed by atoms with Crippen molar-refractivity contribution >= 4 is 21.1 Å². The molecule has 0 unspecified atom stereocenters. The highest BCUT2D eigenvalue weighted by atomic mass is 32.2. The Morgan fingerprint density at radius 3 is 2.45 bits per heavy atom. The number of aromatic nitrogens is 2. The highest BCUT2D eigenvalue weighted by Gasteiger charge is 2.13. The van der Waals surface area contributed by atoms with E-state index in [0.29, 0.717) is 16.9 Å². The van der Waals surface area contributed by atoms with Crippen molar-refractivity contribution in [2.75, 3.05) is 7.05 Å². The Hall–Kier alpha value is -2.25. The number of imidazole rings is 1. The van der Waals surface area contributed by atoms with Gasteiger partial charge in [0.25, 0.3) is 0 Å². The number of sulfonamides is 1. The molecule has 0 radical (unpaired) electrons. The van der Waals surface area contributed by atoms with Crippen molar-refractivity contribution in [3.63, 3.8) is 0 Å². The van der Waals surface area contributed by atoms with E-state index >= 15 is 0 Å². The van der Waals surface area contributed by atoms with Crippen LogP contribution in [0.5, 0.6) is 0 Å². The fourth-order valence-corrected chi connectivity index (χ4v) is 3.12. The lowest BCUT2D eigenvalue weighted by Gasteiger charge is -2.08. The molecule has 0 fully saturated rings. The Morgan fingerprint density at radius 2 is 1.82 bits per heavy atom. The van der Waals surface area contributed by atoms with Crippen LogP contribution in [-0.4, -0.2) is 25.0 Å². The summed E-state index contributed by atoms with van der Waals surface area (Å²) in [4.78, 5) is 4.56. The van der Waals surface area contributed by atoms with Crippen molar-refractivity contribution in [3.05, 3.63) is 54.1 Å². The quantitative estimate of drug-likeness (QED) is 0.806. The number of benzene rings is 2. The van der Waals surface area contributed by atoms with Gasteiger partial charge in [0.2, 0.25) is 10.0 Å². The monoisotopic (exact) mass is 319 g/mol. The third kappa shape index (κ3) is 2.38. The standard InChI is InChI=1S/C15H14FN3O2S/c1-10-18-14-8-3-11(16)9-15(14)19(10)12-4-6-13(7-5-12)22(20,21)17-2/h3-9,17H,1-2H3. The molecule has 0 saturated carbocycles. The minimum Gasteiger partial charge on any atom is -0.296 e. The maximum atomic E-state index is 13.5. The molecule has 114 valence electrons. The highest BCUT2D eigenvalue weighted by Crippen LogP contribution is 2.23. The van der Waals surface area contributed by atoms with E-state index in [4.69, 9.17) is 0 Å². The second-order valence-electron chi connectivity index (χ2n) is 4.83. The molecule has 0 atom stereocenters. The molecule has 0 aliphatic rings. The molecular weight excluding hydrogens is 305 g/mol. The molecule has 3 aromatic rings. The van der Waals surface area contributed by atoms with Gasteiger partial charge >= 0.3 is 0 Å². The zero-order chi connectivity index (χ0) is 15.9. The Balaban J connectivity index is 2.16. The van der Waals surface area contributed by atoms with Crippen LogP contribution in [0, 0.1) is 12.7 Å². The van der Waals surface area contributed by atoms with Gasteiger partial charge in [-0.25, -0.2) is 22.5 Å². The van der Waals surface area contributed by atoms with Gasteiger partial charge in [-0.1, -0.05) is 0 Å². The Kier molecular flexibility index (Phi) is 3.46. The molecule has 0 aliphatic heterocycles. The SMILES string of the molecule is CNS(=O)(=O)c1ccc(-n2c(C)nc3ccc(F)cc32)cc1. The van der Waals surface area contributed by atoms with Gasteiger partial charge in [-0.15, -0.1) is 0 Å². The van der Waals surface area contributed by atoms with E-state index in [1.54, 1.807) is 22.8 Å². The van der Waals surface area contributed by atoms with Crippen molar-refractivity contribution in [2.45, 2.75) is 11.8 Å². The van der Waals surface area contributed by atoms with Gasteiger partial charge in [-0.3, -0.25) is 4.57 Å². The molecule has 0 amide bonds. The van der Waals surface area contributed by atoms with Gasteiger partial charge in [-0.05, 0) is 50.4 Å². The zero-order valence-electron chi connectivity index (χ0n) is 12.0. The lowest BCUT2D eigenvalue weighted by atomic mass is 10.2. The number of halogens is 1. The molecule has 1 heterocycles. The summed E-state index contributed by atoms with van der Waals surface area (Å²) in [5, 5.41) is 0. The fraction of sp³-hybridized carbons (Fsp3) is 0.133. The topological polar surface area (TPSA) is 64.0 Å². The van der Waals surface area contributed by atoms with E-state index in [-0.39, 0.29) is 10.7 Å². The number of aryl methyl sites for hydroxylation is 1. The average molecular weight is 319 g/mol. The van der Waals surface area contributed by atoms with Gasteiger partial charge in [0, 0.05) is 11.8 Å². The Morgan fingerprint density at radius 1 is 1.14 bits per heavy atom. The van der Waals surface area contributed by atoms with Gasteiger partial charge in [0.05, 0.1) is 15.9 Å². The second-order valence-corrected chi connectivity index (χ2v) is 6.72. The molecule has 0 spiro atoms. The first-order valence-corrected chi connectivity index (χ1v) is 8.09. The third-order valence-corrected chi connectivity index (χ3v) is 4.89. The zero-order valence-corrected chi connectivity index (χ0v) is 12.9. The number of fused-ring (bicyclic) bond motifs is 1. The van der Waals surface area contributed by atoms with Crippen molar-refractivity contribution in [1.82, 2.24) is 14.3 Å². The molecule has 2 aromatic carbocycles. The van der Waals surface area contributed by atoms with E-state index < -0.39 is 10.0 Å². The van der Waals surface area contributed by atoms with Crippen LogP contribution in [0.1, 0.15) is 5.82 Å². The minimum absolute atomic E-state index is 0.173. The minimum atomic E-state index is -3.48. The van der Waals surface area contributed by atoms with Crippen LogP contribution < -0.4 is 4.72 Å². The molecule has 0 aliphatic carbocycles. The van der Waals surface area contributed by atoms with Gasteiger partial charge < -0.3 is 0 Å². The maximum Gasteiger partial charge on any atom is 0.240 e. The van der Waals surface area contributed by atoms with Crippen LogP contribution in [0.4, 0.5) is 4.39 Å². The number of rotatable bonds is 3. The third-order valence-electron chi connectivity index (χ3n) is 3.46. The van der Waals surface area contributed by atoms with Crippen molar-refractivity contribution in [2.24, 2.45) is 0 Å². The predicted molar refractivity (Wildman–Crippen MR) is 82.0 cm³/mol. The summed E-state index contributed by atoms with van der Waals surface area (Å²) in [7, 11) is -2.12. The van der Waals surface area contributed by atoms with Crippen LogP contribution in [-0.2, 0) is 10.0 Å². The molecular formula is C15H14FN3O2S. The van der Waals surface area contributed by atoms with Crippen LogP contribution in [0.2, 0.25) is 0 Å². The number of nitrogens with one attached hydrogen (secondary N) is 1. The Bertz CT molecular complexity index is 947. The van der Waals surface area contributed by atoms with Crippen LogP contribution >= 0.6 is 0 Å². The Labute approximate surface area is 127 Å². The van der Waals surface area contributed by atoms with Gasteiger partial charge in [0.1, 0.15) is 11.6 Å². The van der Waals surface area contributed by atoms with E-state index in [2.05, 4.69) is 9.71 Å². The van der Waals surface area contributed by atoms with Gasteiger partial charge in [0.15, 0.2) is 0 Å². The van der Waals surface area contributed by atoms with Crippen molar-refractivity contribution < 1.29 is 12.8 Å². The number of hydrogen-bond acceptors (Lipinski definition) is 3. The summed E-state index contributed by atoms with van der Waals surface area (Å²) in [6, 6.07) is 10.7. The summed E-state index contributed by atoms with van der Waals surface area (Å²) in [5.74, 6) is 0.354. The molecule has 22 heavy (non-hydrogen) atoms. The molecule has 5 nitrogen and oxygen atoms in total. The van der Waals surface area contributed by atoms with E-state index in [1.807, 2.05) is 6.92 Å². The smallest absolute Gasteiger partial charge is 0.240 e. The van der Waals surface area contributed by atoms with Gasteiger partial charge in [-0.2, -0.15) is 0 Å². The van der Waals surface area contributed by atoms with Crippen LogP contribution in [0.15, 0.2) is 47.4 Å². The summed E-state index contributed by atoms with van der Waals surface area (Å²) in [6.45, 7) is 1.82. The second kappa shape index (κ2) is 5.19. The molecule has 7 heteroatoms. The molecule has 1 aromatic heterocycles. The molecule has 1 N–H and O–H groups in total. The van der Waals surface area contributed by atoms with Crippen LogP contribution in [0.25, 0.3) is 16.7 Å². The molecule has 3 rings (SSSR count). The molecule has 0 bridgehead atoms. The summed E-state index contributed by atoms with van der Waals surface area (Å²) in [5.41, 5.74) is 2.05. The fourth-order valence-electron chi connectivity index (χ4n) is 2.39. The summed E-state index contributed by atoms with van der Waals surface area (Å²) >= 11 is 0. The average Bonchev–Trinajstić information content (AvgIpc) is 2.82. The van der Waals surface area contributed by atoms with Crippen molar-refractivity contribution in [3.8, 4) is 5.69 Å². The number of hydrogen-bond donors (Lipinski definition) is 1. The number of nitrogens with zero attached hydrogens (tertiary/aromatic N) is 2. The summed E-state index contributed by atoms with van der Waals surface area (Å²) < 4.78 is 41.0. The van der Waals surface area contributed by atoms with Crippen LogP contribution in [0.3, 0.4) is 0 Å². The van der Waals surface area contributed by atoms with Crippen molar-refractivity contribution in [1.29, 1.82) is 0 Å². The summed E-state index contributed by atoms with van der Waals surface area (Å²) in [6.07, 6.45) is 0. The first-order chi connectivity index (χ1) is 10.4. The van der Waals surface area contributed by atoms with E-state index in [0.717, 1.165) is 5.69 Å². The first-order valence-electron chi connectivity index (χ1n) is 6.61. The predicted octanol–water partition coefficient (Wildman–Crippen LogP) is 2.38. The molecule has 0 saturated heterocycles. The largest absolute Gasteiger partial charge is 0.296 e. The lowest BCUT2D eigenvalue weighted by Crippen LogP contribution is -2.18. The highest BCUT2D eigenvalue weighted by molar-refractivity contribution is 7.89.